The first-order valence-corrected chi connectivity index (χ1v) is 22.2. The molecule has 3 rings (SSSR count). The third-order valence-corrected chi connectivity index (χ3v) is 9.38. The van der Waals surface area contributed by atoms with Gasteiger partial charge >= 0.3 is 24.1 Å². The molecular weight excluding hydrogens is 840 g/mol. The van der Waals surface area contributed by atoms with Gasteiger partial charge in [0.1, 0.15) is 18.1 Å². The fourth-order valence-electron chi connectivity index (χ4n) is 5.16. The van der Waals surface area contributed by atoms with Crippen molar-refractivity contribution in [1.82, 2.24) is 16.0 Å². The number of amides is 3. The minimum absolute atomic E-state index is 0.143. The SMILES string of the molecule is CCC(NC(=O)Cc1cccc(C(F)(F)F)c1)C(=O)OCC(C)C.CCC(NC(=O)Cc1ccccc1)C(=O)OCC(C)C.CCC(NC(=O)Cc1cccs1)C(=O)OCC(C)C. The lowest BCUT2D eigenvalue weighted by molar-refractivity contribution is -0.149. The van der Waals surface area contributed by atoms with Crippen molar-refractivity contribution in [2.45, 2.75) is 125 Å². The van der Waals surface area contributed by atoms with E-state index < -0.39 is 41.7 Å². The molecule has 0 bridgehead atoms. The minimum Gasteiger partial charge on any atom is -0.464 e. The molecule has 63 heavy (non-hydrogen) atoms. The molecule has 1 aromatic heterocycles. The summed E-state index contributed by atoms with van der Waals surface area (Å²) in [6, 6.07) is 15.9. The Balaban J connectivity index is 0.000000476. The molecule has 12 nitrogen and oxygen atoms in total. The monoisotopic (exact) mass is 905 g/mol. The van der Waals surface area contributed by atoms with E-state index in [1.807, 2.05) is 103 Å². The van der Waals surface area contributed by atoms with Gasteiger partial charge in [0.2, 0.25) is 17.7 Å². The van der Waals surface area contributed by atoms with Crippen LogP contribution in [0.25, 0.3) is 0 Å². The van der Waals surface area contributed by atoms with E-state index in [1.54, 1.807) is 6.92 Å². The molecule has 350 valence electrons. The van der Waals surface area contributed by atoms with Gasteiger partial charge in [-0.2, -0.15) is 13.2 Å². The highest BCUT2D eigenvalue weighted by Crippen LogP contribution is 2.29. The standard InChI is InChI=1S/C17H22F3NO3.C16H23NO3.C14H21NO3S/c1-4-14(16(23)24-10-11(2)3)21-15(22)9-12-6-5-7-13(8-12)17(18,19)20;1-4-14(16(19)20-11-12(2)3)17-15(18)10-13-8-6-5-7-9-13;1-4-12(14(17)18-9-10(2)3)15-13(16)8-11-6-5-7-19-11/h5-8,11,14H,4,9-10H2,1-3H3,(H,21,22);5-9,12,14H,4,10-11H2,1-3H3,(H,17,18);5-7,10,12H,4,8-9H2,1-3H3,(H,15,16). The number of hydrogen-bond donors (Lipinski definition) is 3. The van der Waals surface area contributed by atoms with E-state index in [2.05, 4.69) is 16.0 Å². The van der Waals surface area contributed by atoms with E-state index in [4.69, 9.17) is 14.2 Å². The number of benzene rings is 2. The Morgan fingerprint density at radius 3 is 1.30 bits per heavy atom. The largest absolute Gasteiger partial charge is 0.464 e. The quantitative estimate of drug-likeness (QED) is 0.0709. The lowest BCUT2D eigenvalue weighted by Gasteiger charge is -2.17. The molecule has 0 spiro atoms. The van der Waals surface area contributed by atoms with Crippen LogP contribution in [0.4, 0.5) is 13.2 Å². The Morgan fingerprint density at radius 1 is 0.540 bits per heavy atom. The maximum absolute atomic E-state index is 12.7. The van der Waals surface area contributed by atoms with Crippen molar-refractivity contribution in [3.05, 3.63) is 93.7 Å². The lowest BCUT2D eigenvalue weighted by Crippen LogP contribution is -2.42. The summed E-state index contributed by atoms with van der Waals surface area (Å²) in [6.07, 6.45) is -2.72. The number of nitrogens with one attached hydrogen (secondary N) is 3. The topological polar surface area (TPSA) is 166 Å². The van der Waals surface area contributed by atoms with Crippen LogP contribution < -0.4 is 16.0 Å². The number of halogens is 3. The van der Waals surface area contributed by atoms with Crippen LogP contribution in [0.3, 0.4) is 0 Å². The van der Waals surface area contributed by atoms with Crippen molar-refractivity contribution in [1.29, 1.82) is 0 Å². The molecule has 1 heterocycles. The highest BCUT2D eigenvalue weighted by atomic mass is 32.1. The van der Waals surface area contributed by atoms with Gasteiger partial charge in [-0.1, -0.05) is 117 Å². The molecule has 3 N–H and O–H groups in total. The molecule has 0 saturated heterocycles. The van der Waals surface area contributed by atoms with Crippen molar-refractivity contribution >= 4 is 47.0 Å². The average molecular weight is 906 g/mol. The van der Waals surface area contributed by atoms with Gasteiger partial charge in [-0.15, -0.1) is 11.3 Å². The zero-order chi connectivity index (χ0) is 47.5. The predicted molar refractivity (Wildman–Crippen MR) is 237 cm³/mol. The molecule has 0 aliphatic carbocycles. The van der Waals surface area contributed by atoms with Gasteiger partial charge in [0, 0.05) is 4.88 Å². The number of carbonyl (C=O) groups excluding carboxylic acids is 6. The van der Waals surface area contributed by atoms with Gasteiger partial charge in [-0.3, -0.25) is 14.4 Å². The van der Waals surface area contributed by atoms with E-state index >= 15 is 0 Å². The Hall–Kier alpha value is -5.25. The Bertz CT molecular complexity index is 1820. The summed E-state index contributed by atoms with van der Waals surface area (Å²) >= 11 is 1.53. The van der Waals surface area contributed by atoms with E-state index in [9.17, 15) is 41.9 Å². The van der Waals surface area contributed by atoms with E-state index in [0.29, 0.717) is 44.8 Å². The Labute approximate surface area is 374 Å². The summed E-state index contributed by atoms with van der Waals surface area (Å²) in [6.45, 7) is 18.1. The second-order valence-electron chi connectivity index (χ2n) is 16.0. The van der Waals surface area contributed by atoms with Gasteiger partial charge in [0.05, 0.1) is 44.6 Å². The van der Waals surface area contributed by atoms with Crippen molar-refractivity contribution in [3.8, 4) is 0 Å². The molecule has 3 aromatic rings. The van der Waals surface area contributed by atoms with E-state index in [0.717, 1.165) is 22.6 Å². The molecule has 0 radical (unpaired) electrons. The van der Waals surface area contributed by atoms with Crippen molar-refractivity contribution in [3.63, 3.8) is 0 Å². The van der Waals surface area contributed by atoms with Crippen molar-refractivity contribution in [2.75, 3.05) is 19.8 Å². The third kappa shape index (κ3) is 24.8. The number of thiophene rings is 1. The van der Waals surface area contributed by atoms with Crippen LogP contribution in [0.2, 0.25) is 0 Å². The third-order valence-electron chi connectivity index (χ3n) is 8.50. The van der Waals surface area contributed by atoms with Gasteiger partial charge in [-0.05, 0) is 65.7 Å². The van der Waals surface area contributed by atoms with Crippen LogP contribution in [-0.2, 0) is 68.4 Å². The van der Waals surface area contributed by atoms with Gasteiger partial charge in [0.25, 0.3) is 0 Å². The molecule has 3 unspecified atom stereocenters. The second-order valence-corrected chi connectivity index (χ2v) is 17.0. The average Bonchev–Trinajstić information content (AvgIpc) is 3.74. The van der Waals surface area contributed by atoms with E-state index in [-0.39, 0.29) is 60.6 Å². The van der Waals surface area contributed by atoms with E-state index in [1.165, 1.54) is 23.5 Å². The Kier molecular flexibility index (Phi) is 26.5. The predicted octanol–water partition coefficient (Wildman–Crippen LogP) is 8.05. The Morgan fingerprint density at radius 2 is 0.937 bits per heavy atom. The highest BCUT2D eigenvalue weighted by Gasteiger charge is 2.31. The second kappa shape index (κ2) is 29.9. The molecule has 2 aromatic carbocycles. The number of alkyl halides is 3. The fraction of sp³-hybridized carbons (Fsp3) is 0.532. The summed E-state index contributed by atoms with van der Waals surface area (Å²) in [5, 5.41) is 9.88. The highest BCUT2D eigenvalue weighted by molar-refractivity contribution is 7.10. The number of esters is 3. The molecule has 3 atom stereocenters. The van der Waals surface area contributed by atoms with Crippen LogP contribution in [0.15, 0.2) is 72.1 Å². The van der Waals surface area contributed by atoms with Crippen molar-refractivity contribution in [2.24, 2.45) is 17.8 Å². The normalized spacial score (nSPS) is 12.4. The summed E-state index contributed by atoms with van der Waals surface area (Å²) < 4.78 is 53.4. The molecule has 0 aliphatic rings. The minimum atomic E-state index is -4.46. The first-order chi connectivity index (χ1) is 29.7. The smallest absolute Gasteiger partial charge is 0.416 e. The number of ether oxygens (including phenoxy) is 3. The van der Waals surface area contributed by atoms with Crippen molar-refractivity contribution < 1.29 is 56.1 Å². The summed E-state index contributed by atoms with van der Waals surface area (Å²) in [4.78, 5) is 72.2. The fourth-order valence-corrected chi connectivity index (χ4v) is 5.87. The first kappa shape index (κ1) is 55.8. The molecule has 3 amide bonds. The van der Waals surface area contributed by atoms with Crippen LogP contribution >= 0.6 is 11.3 Å². The number of carbonyl (C=O) groups is 6. The number of hydrogen-bond acceptors (Lipinski definition) is 10. The summed E-state index contributed by atoms with van der Waals surface area (Å²) in [5.74, 6) is -1.32. The van der Waals surface area contributed by atoms with Crippen LogP contribution in [0.5, 0.6) is 0 Å². The maximum Gasteiger partial charge on any atom is 0.416 e. The van der Waals surface area contributed by atoms with Gasteiger partial charge in [-0.25, -0.2) is 14.4 Å². The number of rotatable bonds is 21. The molecule has 0 aliphatic heterocycles. The van der Waals surface area contributed by atoms with Crippen LogP contribution in [-0.4, -0.2) is 73.6 Å². The van der Waals surface area contributed by atoms with Gasteiger partial charge < -0.3 is 30.2 Å². The zero-order valence-electron chi connectivity index (χ0n) is 38.0. The summed E-state index contributed by atoms with van der Waals surface area (Å²) in [5.41, 5.74) is 0.347. The maximum atomic E-state index is 12.7. The zero-order valence-corrected chi connectivity index (χ0v) is 38.8. The molecular formula is C47H66F3N3O9S. The molecule has 0 saturated carbocycles. The molecule has 0 fully saturated rings. The first-order valence-electron chi connectivity index (χ1n) is 21.3. The lowest BCUT2D eigenvalue weighted by atomic mass is 10.1. The molecule has 16 heteroatoms. The van der Waals surface area contributed by atoms with Crippen LogP contribution in [0, 0.1) is 17.8 Å². The summed E-state index contributed by atoms with van der Waals surface area (Å²) in [7, 11) is 0. The van der Waals surface area contributed by atoms with Gasteiger partial charge in [0.15, 0.2) is 0 Å². The van der Waals surface area contributed by atoms with Crippen LogP contribution in [0.1, 0.15) is 103 Å².